The lowest BCUT2D eigenvalue weighted by molar-refractivity contribution is -0.149. The van der Waals surface area contributed by atoms with E-state index in [2.05, 4.69) is 5.32 Å². The highest BCUT2D eigenvalue weighted by molar-refractivity contribution is 5.93. The van der Waals surface area contributed by atoms with Crippen LogP contribution in [-0.2, 0) is 14.3 Å². The van der Waals surface area contributed by atoms with Gasteiger partial charge in [-0.15, -0.1) is 0 Å². The van der Waals surface area contributed by atoms with Gasteiger partial charge in [-0.2, -0.15) is 0 Å². The molecular formula is C18H17NO6. The Morgan fingerprint density at radius 2 is 1.88 bits per heavy atom. The molecule has 2 rings (SSSR count). The van der Waals surface area contributed by atoms with Gasteiger partial charge in [0.25, 0.3) is 5.91 Å². The maximum Gasteiger partial charge on any atom is 0.344 e. The first-order valence-electron chi connectivity index (χ1n) is 7.39. The van der Waals surface area contributed by atoms with E-state index >= 15 is 0 Å². The van der Waals surface area contributed by atoms with Gasteiger partial charge in [0, 0.05) is 11.8 Å². The summed E-state index contributed by atoms with van der Waals surface area (Å²) in [7, 11) is 1.52. The molecule has 0 aliphatic rings. The molecule has 0 atom stereocenters. The van der Waals surface area contributed by atoms with Crippen molar-refractivity contribution < 1.29 is 28.6 Å². The molecule has 0 saturated carbocycles. The lowest BCUT2D eigenvalue weighted by Gasteiger charge is -2.09. The van der Waals surface area contributed by atoms with Crippen molar-refractivity contribution in [2.75, 3.05) is 25.6 Å². The van der Waals surface area contributed by atoms with Gasteiger partial charge in [-0.3, -0.25) is 9.59 Å². The first-order valence-corrected chi connectivity index (χ1v) is 7.39. The standard InChI is InChI=1S/C18H17NO6/c1-23-15-7-4-6-14(9-15)19-17(21)11-25-18(22)12-24-16-8-3-2-5-13(16)10-20/h2-10H,11-12H2,1H3,(H,19,21). The smallest absolute Gasteiger partial charge is 0.344 e. The zero-order valence-electron chi connectivity index (χ0n) is 13.6. The summed E-state index contributed by atoms with van der Waals surface area (Å²) >= 11 is 0. The van der Waals surface area contributed by atoms with Gasteiger partial charge < -0.3 is 19.5 Å². The number of anilines is 1. The monoisotopic (exact) mass is 343 g/mol. The fourth-order valence-electron chi connectivity index (χ4n) is 1.93. The van der Waals surface area contributed by atoms with Crippen molar-refractivity contribution in [2.45, 2.75) is 0 Å². The van der Waals surface area contributed by atoms with Gasteiger partial charge in [0.05, 0.1) is 12.7 Å². The van der Waals surface area contributed by atoms with Crippen LogP contribution in [-0.4, -0.2) is 38.5 Å². The topological polar surface area (TPSA) is 90.9 Å². The molecule has 0 heterocycles. The summed E-state index contributed by atoms with van der Waals surface area (Å²) in [6.07, 6.45) is 0.627. The number of aldehydes is 1. The van der Waals surface area contributed by atoms with Gasteiger partial charge in [0.15, 0.2) is 19.5 Å². The molecule has 0 unspecified atom stereocenters. The predicted octanol–water partition coefficient (Wildman–Crippen LogP) is 2.07. The lowest BCUT2D eigenvalue weighted by Crippen LogP contribution is -2.23. The Balaban J connectivity index is 1.77. The second-order valence-corrected chi connectivity index (χ2v) is 4.89. The van der Waals surface area contributed by atoms with Gasteiger partial charge in [0.1, 0.15) is 11.5 Å². The van der Waals surface area contributed by atoms with Crippen LogP contribution in [0.5, 0.6) is 11.5 Å². The largest absolute Gasteiger partial charge is 0.497 e. The van der Waals surface area contributed by atoms with E-state index in [-0.39, 0.29) is 5.75 Å². The van der Waals surface area contributed by atoms with Crippen LogP contribution in [0, 0.1) is 0 Å². The average molecular weight is 343 g/mol. The normalized spacial score (nSPS) is 9.80. The van der Waals surface area contributed by atoms with Crippen molar-refractivity contribution in [1.82, 2.24) is 0 Å². The van der Waals surface area contributed by atoms with E-state index in [0.717, 1.165) is 0 Å². The minimum Gasteiger partial charge on any atom is -0.497 e. The summed E-state index contributed by atoms with van der Waals surface area (Å²) < 4.78 is 15.1. The predicted molar refractivity (Wildman–Crippen MR) is 89.9 cm³/mol. The van der Waals surface area contributed by atoms with E-state index in [1.165, 1.54) is 7.11 Å². The molecule has 130 valence electrons. The van der Waals surface area contributed by atoms with Gasteiger partial charge in [-0.25, -0.2) is 4.79 Å². The third kappa shape index (κ3) is 5.65. The molecule has 0 aliphatic carbocycles. The van der Waals surface area contributed by atoms with E-state index in [1.807, 2.05) is 0 Å². The Morgan fingerprint density at radius 3 is 2.64 bits per heavy atom. The van der Waals surface area contributed by atoms with E-state index in [1.54, 1.807) is 48.5 Å². The zero-order chi connectivity index (χ0) is 18.1. The van der Waals surface area contributed by atoms with Crippen LogP contribution in [0.15, 0.2) is 48.5 Å². The third-order valence-electron chi connectivity index (χ3n) is 3.11. The zero-order valence-corrected chi connectivity index (χ0v) is 13.6. The lowest BCUT2D eigenvalue weighted by atomic mass is 10.2. The number of hydrogen-bond donors (Lipinski definition) is 1. The molecule has 7 nitrogen and oxygen atoms in total. The minimum absolute atomic E-state index is 0.273. The number of nitrogens with one attached hydrogen (secondary N) is 1. The summed E-state index contributed by atoms with van der Waals surface area (Å²) in [5.41, 5.74) is 0.850. The first kappa shape index (κ1) is 18.0. The number of hydrogen-bond acceptors (Lipinski definition) is 6. The fraction of sp³-hybridized carbons (Fsp3) is 0.167. The summed E-state index contributed by atoms with van der Waals surface area (Å²) in [5.74, 6) is -0.344. The number of carbonyl (C=O) groups is 3. The number of benzene rings is 2. The third-order valence-corrected chi connectivity index (χ3v) is 3.11. The number of rotatable bonds is 8. The molecule has 25 heavy (non-hydrogen) atoms. The first-order chi connectivity index (χ1) is 12.1. The molecule has 0 fully saturated rings. The Labute approximate surface area is 144 Å². The number of carbonyl (C=O) groups excluding carboxylic acids is 3. The van der Waals surface area contributed by atoms with Crippen molar-refractivity contribution >= 4 is 23.9 Å². The molecule has 0 saturated heterocycles. The summed E-state index contributed by atoms with van der Waals surface area (Å²) in [5, 5.41) is 2.58. The SMILES string of the molecule is COc1cccc(NC(=O)COC(=O)COc2ccccc2C=O)c1. The van der Waals surface area contributed by atoms with E-state index in [9.17, 15) is 14.4 Å². The van der Waals surface area contributed by atoms with E-state index in [4.69, 9.17) is 14.2 Å². The van der Waals surface area contributed by atoms with Crippen molar-refractivity contribution in [3.8, 4) is 11.5 Å². The summed E-state index contributed by atoms with van der Waals surface area (Å²) in [6, 6.07) is 13.3. The molecule has 0 bridgehead atoms. The van der Waals surface area contributed by atoms with E-state index < -0.39 is 25.1 Å². The Hall–Kier alpha value is -3.35. The Kier molecular flexibility index (Phi) is 6.53. The molecule has 0 aromatic heterocycles. The van der Waals surface area contributed by atoms with Crippen molar-refractivity contribution in [2.24, 2.45) is 0 Å². The second-order valence-electron chi connectivity index (χ2n) is 4.89. The van der Waals surface area contributed by atoms with Gasteiger partial charge >= 0.3 is 5.97 Å². The number of methoxy groups -OCH3 is 1. The van der Waals surface area contributed by atoms with Gasteiger partial charge in [-0.1, -0.05) is 18.2 Å². The van der Waals surface area contributed by atoms with Crippen LogP contribution in [0.2, 0.25) is 0 Å². The van der Waals surface area contributed by atoms with Crippen LogP contribution in [0.3, 0.4) is 0 Å². The Bertz CT molecular complexity index is 759. The van der Waals surface area contributed by atoms with Gasteiger partial charge in [-0.05, 0) is 24.3 Å². The summed E-state index contributed by atoms with van der Waals surface area (Å²) in [6.45, 7) is -0.855. The highest BCUT2D eigenvalue weighted by Crippen LogP contribution is 2.17. The van der Waals surface area contributed by atoms with Crippen molar-refractivity contribution in [1.29, 1.82) is 0 Å². The number of amides is 1. The average Bonchev–Trinajstić information content (AvgIpc) is 2.65. The summed E-state index contributed by atoms with van der Waals surface area (Å²) in [4.78, 5) is 34.3. The second kappa shape index (κ2) is 9.07. The highest BCUT2D eigenvalue weighted by Gasteiger charge is 2.10. The number of para-hydroxylation sites is 1. The minimum atomic E-state index is -0.721. The molecule has 2 aromatic carbocycles. The molecule has 0 aliphatic heterocycles. The molecule has 1 amide bonds. The van der Waals surface area contributed by atoms with E-state index in [0.29, 0.717) is 23.3 Å². The number of esters is 1. The molecule has 0 spiro atoms. The van der Waals surface area contributed by atoms with Crippen molar-refractivity contribution in [3.63, 3.8) is 0 Å². The molecule has 7 heteroatoms. The molecular weight excluding hydrogens is 326 g/mol. The highest BCUT2D eigenvalue weighted by atomic mass is 16.6. The van der Waals surface area contributed by atoms with Crippen LogP contribution in [0.4, 0.5) is 5.69 Å². The Morgan fingerprint density at radius 1 is 1.08 bits per heavy atom. The maximum absolute atomic E-state index is 11.8. The van der Waals surface area contributed by atoms with Crippen LogP contribution >= 0.6 is 0 Å². The van der Waals surface area contributed by atoms with Crippen molar-refractivity contribution in [3.05, 3.63) is 54.1 Å². The van der Waals surface area contributed by atoms with Gasteiger partial charge in [0.2, 0.25) is 0 Å². The maximum atomic E-state index is 11.8. The van der Waals surface area contributed by atoms with Crippen LogP contribution < -0.4 is 14.8 Å². The van der Waals surface area contributed by atoms with Crippen LogP contribution in [0.1, 0.15) is 10.4 Å². The molecule has 2 aromatic rings. The fourth-order valence-corrected chi connectivity index (χ4v) is 1.93. The molecule has 1 N–H and O–H groups in total. The quantitative estimate of drug-likeness (QED) is 0.583. The van der Waals surface area contributed by atoms with Crippen LogP contribution in [0.25, 0.3) is 0 Å². The molecule has 0 radical (unpaired) electrons. The number of ether oxygens (including phenoxy) is 3.